The molecule has 2 nitrogen and oxygen atoms in total. The first-order chi connectivity index (χ1) is 7.27. The van der Waals surface area contributed by atoms with Crippen molar-refractivity contribution < 1.29 is 0 Å². The Morgan fingerprint density at radius 3 is 2.47 bits per heavy atom. The summed E-state index contributed by atoms with van der Waals surface area (Å²) < 4.78 is 0. The number of nitrogens with zero attached hydrogens (tertiary/aromatic N) is 1. The van der Waals surface area contributed by atoms with Crippen molar-refractivity contribution in [3.63, 3.8) is 0 Å². The lowest BCUT2D eigenvalue weighted by molar-refractivity contribution is 0.178. The molecule has 2 heteroatoms. The number of rotatable bonds is 4. The molecule has 2 rings (SSSR count). The molecule has 2 aliphatic rings. The maximum absolute atomic E-state index is 3.49. The van der Waals surface area contributed by atoms with Crippen LogP contribution in [0.2, 0.25) is 0 Å². The second-order valence-electron chi connectivity index (χ2n) is 5.67. The fraction of sp³-hybridized carbons (Fsp3) is 1.00. The summed E-state index contributed by atoms with van der Waals surface area (Å²) >= 11 is 0. The largest absolute Gasteiger partial charge is 0.316 e. The smallest absolute Gasteiger partial charge is 0.0120 e. The molecule has 0 spiro atoms. The van der Waals surface area contributed by atoms with Crippen LogP contribution in [0.4, 0.5) is 0 Å². The molecule has 1 aliphatic heterocycles. The molecule has 0 aromatic rings. The van der Waals surface area contributed by atoms with Gasteiger partial charge in [-0.15, -0.1) is 0 Å². The molecule has 0 aromatic heterocycles. The minimum atomic E-state index is 0.845. The van der Waals surface area contributed by atoms with E-state index in [1.165, 1.54) is 51.6 Å². The molecule has 1 aliphatic carbocycles. The molecule has 15 heavy (non-hydrogen) atoms. The van der Waals surface area contributed by atoms with Gasteiger partial charge in [-0.25, -0.2) is 0 Å². The lowest BCUT2D eigenvalue weighted by Gasteiger charge is -2.32. The lowest BCUT2D eigenvalue weighted by atomic mass is 9.88. The van der Waals surface area contributed by atoms with Crippen LogP contribution >= 0.6 is 0 Å². The molecule has 1 saturated carbocycles. The molecular formula is C13H26N2. The van der Waals surface area contributed by atoms with E-state index in [-0.39, 0.29) is 0 Å². The standard InChI is InChI=1S/C13H26N2/c1-15(2)13(12-5-3-4-6-12)9-11-7-8-14-10-11/h11-14H,3-10H2,1-2H3. The topological polar surface area (TPSA) is 15.3 Å². The molecule has 0 aromatic carbocycles. The van der Waals surface area contributed by atoms with E-state index >= 15 is 0 Å². The molecule has 0 bridgehead atoms. The molecule has 1 N–H and O–H groups in total. The predicted molar refractivity (Wildman–Crippen MR) is 65.0 cm³/mol. The van der Waals surface area contributed by atoms with Crippen molar-refractivity contribution >= 4 is 0 Å². The molecule has 2 fully saturated rings. The summed E-state index contributed by atoms with van der Waals surface area (Å²) in [4.78, 5) is 2.48. The van der Waals surface area contributed by atoms with E-state index in [0.717, 1.165) is 17.9 Å². The summed E-state index contributed by atoms with van der Waals surface area (Å²) in [6, 6.07) is 0.845. The van der Waals surface area contributed by atoms with E-state index < -0.39 is 0 Å². The monoisotopic (exact) mass is 210 g/mol. The van der Waals surface area contributed by atoms with E-state index in [1.807, 2.05) is 0 Å². The van der Waals surface area contributed by atoms with E-state index in [2.05, 4.69) is 24.3 Å². The maximum Gasteiger partial charge on any atom is 0.0120 e. The first kappa shape index (κ1) is 11.4. The van der Waals surface area contributed by atoms with Gasteiger partial charge in [-0.3, -0.25) is 0 Å². The summed E-state index contributed by atoms with van der Waals surface area (Å²) in [5, 5.41) is 3.49. The Labute approximate surface area is 94.4 Å². The van der Waals surface area contributed by atoms with Gasteiger partial charge in [-0.1, -0.05) is 12.8 Å². The summed E-state index contributed by atoms with van der Waals surface area (Å²) in [5.41, 5.74) is 0. The average molecular weight is 210 g/mol. The molecule has 2 unspecified atom stereocenters. The van der Waals surface area contributed by atoms with Gasteiger partial charge in [0.1, 0.15) is 0 Å². The van der Waals surface area contributed by atoms with E-state index in [9.17, 15) is 0 Å². The minimum absolute atomic E-state index is 0.845. The highest BCUT2D eigenvalue weighted by atomic mass is 15.1. The van der Waals surface area contributed by atoms with Gasteiger partial charge in [0.25, 0.3) is 0 Å². The van der Waals surface area contributed by atoms with Gasteiger partial charge in [0.05, 0.1) is 0 Å². The second-order valence-corrected chi connectivity index (χ2v) is 5.67. The van der Waals surface area contributed by atoms with Crippen molar-refractivity contribution in [3.05, 3.63) is 0 Å². The average Bonchev–Trinajstić information content (AvgIpc) is 2.87. The third-order valence-corrected chi connectivity index (χ3v) is 4.34. The minimum Gasteiger partial charge on any atom is -0.316 e. The van der Waals surface area contributed by atoms with Gasteiger partial charge in [0.2, 0.25) is 0 Å². The van der Waals surface area contributed by atoms with Crippen molar-refractivity contribution in [1.82, 2.24) is 10.2 Å². The van der Waals surface area contributed by atoms with Crippen LogP contribution in [0, 0.1) is 11.8 Å². The zero-order chi connectivity index (χ0) is 10.7. The van der Waals surface area contributed by atoms with Crippen LogP contribution < -0.4 is 5.32 Å². The number of hydrogen-bond donors (Lipinski definition) is 1. The van der Waals surface area contributed by atoms with Crippen molar-refractivity contribution in [2.45, 2.75) is 44.6 Å². The molecule has 1 heterocycles. The molecular weight excluding hydrogens is 184 g/mol. The van der Waals surface area contributed by atoms with Crippen LogP contribution in [0.25, 0.3) is 0 Å². The normalized spacial score (nSPS) is 30.2. The van der Waals surface area contributed by atoms with Crippen molar-refractivity contribution in [2.75, 3.05) is 27.2 Å². The third kappa shape index (κ3) is 2.94. The molecule has 0 amide bonds. The van der Waals surface area contributed by atoms with Crippen LogP contribution in [0.5, 0.6) is 0 Å². The Morgan fingerprint density at radius 2 is 1.93 bits per heavy atom. The maximum atomic E-state index is 3.49. The van der Waals surface area contributed by atoms with Crippen LogP contribution in [0.1, 0.15) is 38.5 Å². The highest BCUT2D eigenvalue weighted by molar-refractivity contribution is 4.84. The zero-order valence-corrected chi connectivity index (χ0v) is 10.3. The molecule has 2 atom stereocenters. The summed E-state index contributed by atoms with van der Waals surface area (Å²) in [5.74, 6) is 1.93. The molecule has 0 radical (unpaired) electrons. The van der Waals surface area contributed by atoms with Gasteiger partial charge in [-0.05, 0) is 64.7 Å². The SMILES string of the molecule is CN(C)C(CC1CCNC1)C1CCCC1. The van der Waals surface area contributed by atoms with Crippen molar-refractivity contribution in [3.8, 4) is 0 Å². The second kappa shape index (κ2) is 5.31. The number of hydrogen-bond acceptors (Lipinski definition) is 2. The number of nitrogens with one attached hydrogen (secondary N) is 1. The van der Waals surface area contributed by atoms with Gasteiger partial charge in [-0.2, -0.15) is 0 Å². The highest BCUT2D eigenvalue weighted by Crippen LogP contribution is 2.33. The van der Waals surface area contributed by atoms with E-state index in [4.69, 9.17) is 0 Å². The van der Waals surface area contributed by atoms with E-state index in [1.54, 1.807) is 0 Å². The lowest BCUT2D eigenvalue weighted by Crippen LogP contribution is -2.36. The Hall–Kier alpha value is -0.0800. The Bertz CT molecular complexity index is 179. The van der Waals surface area contributed by atoms with Gasteiger partial charge in [0.15, 0.2) is 0 Å². The Balaban J connectivity index is 1.87. The summed E-state index contributed by atoms with van der Waals surface area (Å²) in [7, 11) is 4.54. The van der Waals surface area contributed by atoms with Gasteiger partial charge < -0.3 is 10.2 Å². The van der Waals surface area contributed by atoms with E-state index in [0.29, 0.717) is 0 Å². The fourth-order valence-electron chi connectivity index (χ4n) is 3.42. The Morgan fingerprint density at radius 1 is 1.20 bits per heavy atom. The first-order valence-electron chi connectivity index (χ1n) is 6.64. The van der Waals surface area contributed by atoms with Crippen LogP contribution in [0.15, 0.2) is 0 Å². The quantitative estimate of drug-likeness (QED) is 0.764. The van der Waals surface area contributed by atoms with Gasteiger partial charge >= 0.3 is 0 Å². The summed E-state index contributed by atoms with van der Waals surface area (Å²) in [6.07, 6.45) is 8.71. The van der Waals surface area contributed by atoms with Crippen molar-refractivity contribution in [2.24, 2.45) is 11.8 Å². The summed E-state index contributed by atoms with van der Waals surface area (Å²) in [6.45, 7) is 2.51. The molecule has 88 valence electrons. The zero-order valence-electron chi connectivity index (χ0n) is 10.3. The van der Waals surface area contributed by atoms with Crippen LogP contribution in [0.3, 0.4) is 0 Å². The Kier molecular flexibility index (Phi) is 4.04. The fourth-order valence-corrected chi connectivity index (χ4v) is 3.42. The third-order valence-electron chi connectivity index (χ3n) is 4.34. The first-order valence-corrected chi connectivity index (χ1v) is 6.64. The van der Waals surface area contributed by atoms with Crippen LogP contribution in [-0.2, 0) is 0 Å². The predicted octanol–water partition coefficient (Wildman–Crippen LogP) is 2.11. The molecule has 1 saturated heterocycles. The van der Waals surface area contributed by atoms with Gasteiger partial charge in [0, 0.05) is 6.04 Å². The highest BCUT2D eigenvalue weighted by Gasteiger charge is 2.29. The van der Waals surface area contributed by atoms with Crippen LogP contribution in [-0.4, -0.2) is 38.1 Å². The van der Waals surface area contributed by atoms with Crippen molar-refractivity contribution in [1.29, 1.82) is 0 Å².